The molecule has 0 aromatic carbocycles. The number of hydrogen-bond donors (Lipinski definition) is 0. The van der Waals surface area contributed by atoms with Gasteiger partial charge in [0.1, 0.15) is 5.56 Å². The summed E-state index contributed by atoms with van der Waals surface area (Å²) in [6.07, 6.45) is -10.8. The molecule has 0 unspecified atom stereocenters. The smallest absolute Gasteiger partial charge is 0.494 e. The van der Waals surface area contributed by atoms with Gasteiger partial charge in [-0.15, -0.1) is 13.2 Å². The Hall–Kier alpha value is -2.18. The molecule has 20 heavy (non-hydrogen) atoms. The molecular weight excluding hydrogens is 294 g/mol. The van der Waals surface area contributed by atoms with Gasteiger partial charge < -0.3 is 9.47 Å². The molecule has 0 atom stereocenters. The molecule has 1 aromatic heterocycles. The van der Waals surface area contributed by atoms with E-state index in [1.807, 2.05) is 0 Å². The largest absolute Gasteiger partial charge is 0.573 e. The van der Waals surface area contributed by atoms with E-state index in [-0.39, 0.29) is 6.20 Å². The summed E-state index contributed by atoms with van der Waals surface area (Å²) in [6.45, 7) is 0. The van der Waals surface area contributed by atoms with Gasteiger partial charge in [0.25, 0.3) is 0 Å². The summed E-state index contributed by atoms with van der Waals surface area (Å²) in [5, 5.41) is 8.45. The average Bonchev–Trinajstić information content (AvgIpc) is 2.27. The molecule has 110 valence electrons. The zero-order chi connectivity index (χ0) is 15.6. The van der Waals surface area contributed by atoms with E-state index in [0.717, 1.165) is 7.11 Å². The molecule has 10 heteroatoms. The van der Waals surface area contributed by atoms with Crippen molar-refractivity contribution in [3.05, 3.63) is 17.5 Å². The Morgan fingerprint density at radius 1 is 1.25 bits per heavy atom. The van der Waals surface area contributed by atoms with Gasteiger partial charge in [-0.25, -0.2) is 0 Å². The van der Waals surface area contributed by atoms with E-state index >= 15 is 0 Å². The molecule has 1 rings (SSSR count). The molecule has 0 spiro atoms. The van der Waals surface area contributed by atoms with Gasteiger partial charge in [-0.2, -0.15) is 18.4 Å². The highest BCUT2D eigenvalue weighted by Crippen LogP contribution is 2.44. The van der Waals surface area contributed by atoms with E-state index in [4.69, 9.17) is 5.26 Å². The molecule has 0 saturated heterocycles. The van der Waals surface area contributed by atoms with Crippen LogP contribution in [0.1, 0.15) is 11.3 Å². The third-order valence-electron chi connectivity index (χ3n) is 2.03. The van der Waals surface area contributed by atoms with Crippen LogP contribution in [0.4, 0.5) is 26.3 Å². The maximum atomic E-state index is 12.9. The fourth-order valence-corrected chi connectivity index (χ4v) is 1.41. The molecule has 1 heterocycles. The number of ether oxygens (including phenoxy) is 2. The van der Waals surface area contributed by atoms with Crippen LogP contribution in [-0.4, -0.2) is 18.5 Å². The predicted molar refractivity (Wildman–Crippen MR) is 51.8 cm³/mol. The van der Waals surface area contributed by atoms with Crippen LogP contribution in [0.15, 0.2) is 6.20 Å². The van der Waals surface area contributed by atoms with Crippen LogP contribution in [0.3, 0.4) is 0 Å². The lowest BCUT2D eigenvalue weighted by atomic mass is 10.1. The Kier molecular flexibility index (Phi) is 4.32. The van der Waals surface area contributed by atoms with Gasteiger partial charge in [0.2, 0.25) is 0 Å². The van der Waals surface area contributed by atoms with Gasteiger partial charge in [-0.3, -0.25) is 4.98 Å². The summed E-state index contributed by atoms with van der Waals surface area (Å²) in [6, 6.07) is 1.53. The highest BCUT2D eigenvalue weighted by Gasteiger charge is 2.43. The molecule has 0 aliphatic carbocycles. The highest BCUT2D eigenvalue weighted by molar-refractivity contribution is 5.49. The number of nitriles is 1. The van der Waals surface area contributed by atoms with Crippen molar-refractivity contribution >= 4 is 0 Å². The van der Waals surface area contributed by atoms with Gasteiger partial charge in [-0.1, -0.05) is 0 Å². The first-order valence-corrected chi connectivity index (χ1v) is 4.86. The van der Waals surface area contributed by atoms with Gasteiger partial charge >= 0.3 is 12.5 Å². The molecule has 0 N–H and O–H groups in total. The van der Waals surface area contributed by atoms with Crippen LogP contribution in [0.2, 0.25) is 0 Å². The van der Waals surface area contributed by atoms with Crippen LogP contribution < -0.4 is 9.47 Å². The summed E-state index contributed by atoms with van der Waals surface area (Å²) in [5.74, 6) is -2.51. The molecular formula is C10H6F6N2O2. The lowest BCUT2D eigenvalue weighted by Gasteiger charge is -2.18. The topological polar surface area (TPSA) is 55.1 Å². The number of methoxy groups -OCH3 is 1. The Morgan fingerprint density at radius 2 is 1.85 bits per heavy atom. The fourth-order valence-electron chi connectivity index (χ4n) is 1.41. The molecule has 0 bridgehead atoms. The van der Waals surface area contributed by atoms with Crippen molar-refractivity contribution in [1.82, 2.24) is 4.98 Å². The zero-order valence-electron chi connectivity index (χ0n) is 9.76. The second kappa shape index (κ2) is 5.44. The first-order chi connectivity index (χ1) is 9.10. The van der Waals surface area contributed by atoms with Crippen LogP contribution in [0.25, 0.3) is 0 Å². The molecule has 0 fully saturated rings. The maximum absolute atomic E-state index is 12.9. The highest BCUT2D eigenvalue weighted by atomic mass is 19.4. The lowest BCUT2D eigenvalue weighted by molar-refractivity contribution is -0.276. The van der Waals surface area contributed by atoms with Crippen molar-refractivity contribution in [2.45, 2.75) is 19.0 Å². The predicted octanol–water partition coefficient (Wildman–Crippen LogP) is 3.07. The minimum Gasteiger partial charge on any atom is -0.494 e. The lowest BCUT2D eigenvalue weighted by Crippen LogP contribution is -2.21. The van der Waals surface area contributed by atoms with Gasteiger partial charge in [0, 0.05) is 0 Å². The summed E-state index contributed by atoms with van der Waals surface area (Å²) in [7, 11) is 0.824. The number of aromatic nitrogens is 1. The van der Waals surface area contributed by atoms with Crippen molar-refractivity contribution < 1.29 is 35.8 Å². The second-order valence-electron chi connectivity index (χ2n) is 3.36. The SMILES string of the molecule is COc1c(CC#N)ncc(OC(F)(F)F)c1C(F)(F)F. The molecule has 0 aliphatic heterocycles. The van der Waals surface area contributed by atoms with Crippen molar-refractivity contribution in [2.24, 2.45) is 0 Å². The Balaban J connectivity index is 3.51. The molecule has 0 saturated carbocycles. The summed E-state index contributed by atoms with van der Waals surface area (Å²) in [5.41, 5.74) is -2.20. The van der Waals surface area contributed by atoms with Crippen LogP contribution >= 0.6 is 0 Å². The minimum absolute atomic E-state index is 0.255. The summed E-state index contributed by atoms with van der Waals surface area (Å²) >= 11 is 0. The number of pyridine rings is 1. The van der Waals surface area contributed by atoms with Crippen molar-refractivity contribution in [1.29, 1.82) is 5.26 Å². The molecule has 4 nitrogen and oxygen atoms in total. The number of rotatable bonds is 3. The monoisotopic (exact) mass is 300 g/mol. The number of halogens is 6. The second-order valence-corrected chi connectivity index (χ2v) is 3.36. The van der Waals surface area contributed by atoms with Gasteiger partial charge in [-0.05, 0) is 0 Å². The van der Waals surface area contributed by atoms with E-state index in [9.17, 15) is 26.3 Å². The quantitative estimate of drug-likeness (QED) is 0.805. The first-order valence-electron chi connectivity index (χ1n) is 4.86. The Morgan fingerprint density at radius 3 is 2.25 bits per heavy atom. The van der Waals surface area contributed by atoms with E-state index < -0.39 is 41.7 Å². The number of alkyl halides is 6. The first kappa shape index (κ1) is 15.9. The van der Waals surface area contributed by atoms with Gasteiger partial charge in [0.15, 0.2) is 11.5 Å². The maximum Gasteiger partial charge on any atom is 0.573 e. The Labute approximate surface area is 108 Å². The summed E-state index contributed by atoms with van der Waals surface area (Å²) < 4.78 is 82.5. The summed E-state index contributed by atoms with van der Waals surface area (Å²) in [4.78, 5) is 3.33. The van der Waals surface area contributed by atoms with Crippen molar-refractivity contribution in [2.75, 3.05) is 7.11 Å². The van der Waals surface area contributed by atoms with Gasteiger partial charge in [0.05, 0.1) is 31.5 Å². The molecule has 0 amide bonds. The molecule has 1 aromatic rings. The van der Waals surface area contributed by atoms with E-state index in [1.165, 1.54) is 6.07 Å². The van der Waals surface area contributed by atoms with Crippen LogP contribution in [-0.2, 0) is 12.6 Å². The zero-order valence-corrected chi connectivity index (χ0v) is 9.76. The van der Waals surface area contributed by atoms with E-state index in [1.54, 1.807) is 0 Å². The van der Waals surface area contributed by atoms with Crippen molar-refractivity contribution in [3.63, 3.8) is 0 Å². The molecule has 0 radical (unpaired) electrons. The Bertz CT molecular complexity index is 532. The molecule has 0 aliphatic rings. The minimum atomic E-state index is -5.32. The average molecular weight is 300 g/mol. The number of nitrogens with zero attached hydrogens (tertiary/aromatic N) is 2. The third kappa shape index (κ3) is 3.66. The van der Waals surface area contributed by atoms with E-state index in [2.05, 4.69) is 14.5 Å². The van der Waals surface area contributed by atoms with Crippen molar-refractivity contribution in [3.8, 4) is 17.6 Å². The van der Waals surface area contributed by atoms with Crippen LogP contribution in [0.5, 0.6) is 11.5 Å². The third-order valence-corrected chi connectivity index (χ3v) is 2.03. The normalized spacial score (nSPS) is 11.9. The van der Waals surface area contributed by atoms with Crippen LogP contribution in [0, 0.1) is 11.3 Å². The van der Waals surface area contributed by atoms with E-state index in [0.29, 0.717) is 0 Å². The standard InChI is InChI=1S/C10H6F6N2O2/c1-19-8-5(2-3-17)18-4-6(20-10(14,15)16)7(8)9(11,12)13/h4H,2H2,1H3. The fraction of sp³-hybridized carbons (Fsp3) is 0.400. The number of hydrogen-bond acceptors (Lipinski definition) is 4.